The zero-order valence-corrected chi connectivity index (χ0v) is 91.3. The molecule has 780 valence electrons. The van der Waals surface area contributed by atoms with Crippen LogP contribution < -0.4 is 35.4 Å². The molecule has 5 aromatic heterocycles. The van der Waals surface area contributed by atoms with Crippen LogP contribution in [0.5, 0.6) is 0 Å². The van der Waals surface area contributed by atoms with Crippen LogP contribution in [0.25, 0.3) is 50.4 Å². The maximum absolute atomic E-state index is 13.9. The Morgan fingerprint density at radius 3 is 1.01 bits per heavy atom. The number of esters is 4. The van der Waals surface area contributed by atoms with E-state index in [9.17, 15) is 67.4 Å². The van der Waals surface area contributed by atoms with Crippen molar-refractivity contribution in [2.75, 3.05) is 79.8 Å². The lowest BCUT2D eigenvalue weighted by Crippen LogP contribution is -3.00. The van der Waals surface area contributed by atoms with E-state index in [1.54, 1.807) is 87.1 Å². The first-order valence-electron chi connectivity index (χ1n) is 47.4. The number of benzene rings is 8. The lowest BCUT2D eigenvalue weighted by atomic mass is 9.84. The van der Waals surface area contributed by atoms with Gasteiger partial charge in [-0.3, -0.25) is 52.7 Å². The smallest absolute Gasteiger partial charge is 0.331 e. The van der Waals surface area contributed by atoms with Gasteiger partial charge in [-0.25, -0.2) is 9.59 Å². The number of carboxylic acid groups (broad SMARTS) is 2. The van der Waals surface area contributed by atoms with Gasteiger partial charge < -0.3 is 94.0 Å². The molecule has 13 aromatic rings. The predicted molar refractivity (Wildman–Crippen MR) is 574 cm³/mol. The molecule has 0 radical (unpaired) electrons. The summed E-state index contributed by atoms with van der Waals surface area (Å²) in [6.45, 7) is 19.1. The van der Waals surface area contributed by atoms with Crippen LogP contribution >= 0.6 is 103 Å². The molecule has 0 unspecified atom stereocenters. The summed E-state index contributed by atoms with van der Waals surface area (Å²) in [5.74, 6) is -3.61. The summed E-state index contributed by atoms with van der Waals surface area (Å²) in [7, 11) is 2.77. The largest absolute Gasteiger partial charge is 1.00 e. The monoisotopic (exact) mass is 2210 g/mol. The van der Waals surface area contributed by atoms with Gasteiger partial charge in [-0.2, -0.15) is 0 Å². The van der Waals surface area contributed by atoms with E-state index in [-0.39, 0.29) is 114 Å². The summed E-state index contributed by atoms with van der Waals surface area (Å²) < 4.78 is 24.5. The molecule has 5 aliphatic heterocycles. The molecule has 0 saturated carbocycles. The second kappa shape index (κ2) is 54.1. The second-order valence-corrected chi connectivity index (χ2v) is 42.3. The zero-order valence-electron chi connectivity index (χ0n) is 82.7. The third-order valence-electron chi connectivity index (χ3n) is 26.3. The minimum Gasteiger partial charge on any atom is -1.00 e. The van der Waals surface area contributed by atoms with Crippen molar-refractivity contribution in [3.63, 3.8) is 0 Å². The first-order valence-corrected chi connectivity index (χ1v) is 53.4. The molecular formula is C109H116Cl6N8O19S5-2. The highest BCUT2D eigenvalue weighted by Gasteiger charge is 2.55. The molecule has 4 N–H and O–H groups in total. The van der Waals surface area contributed by atoms with Gasteiger partial charge in [-0.1, -0.05) is 162 Å². The molecule has 6 amide bonds. The fourth-order valence-electron chi connectivity index (χ4n) is 17.3. The van der Waals surface area contributed by atoms with Crippen LogP contribution in [-0.4, -0.2) is 224 Å². The van der Waals surface area contributed by atoms with E-state index in [2.05, 4.69) is 15.4 Å². The van der Waals surface area contributed by atoms with Gasteiger partial charge >= 0.3 is 35.8 Å². The Labute approximate surface area is 905 Å². The molecule has 5 saturated heterocycles. The number of carboxylic acids is 2. The Balaban J connectivity index is 0.000000182. The highest BCUT2D eigenvalue weighted by molar-refractivity contribution is 7.19. The summed E-state index contributed by atoms with van der Waals surface area (Å²) >= 11 is 31.2. The van der Waals surface area contributed by atoms with Gasteiger partial charge in [0.2, 0.25) is 11.8 Å². The summed E-state index contributed by atoms with van der Waals surface area (Å²) in [5.41, 5.74) is 1.85. The van der Waals surface area contributed by atoms with Gasteiger partial charge in [0.05, 0.1) is 55.3 Å². The number of carbonyl (C=O) groups excluding carboxylic acids is 11. The molecule has 0 bridgehead atoms. The number of amides is 6. The molecule has 18 rings (SSSR count). The number of likely N-dealkylation sites (tertiary alicyclic amines) is 4. The number of methoxy groups -OCH3 is 2. The quantitative estimate of drug-likeness (QED) is 0.0141. The predicted octanol–water partition coefficient (Wildman–Crippen LogP) is 15.8. The van der Waals surface area contributed by atoms with Crippen molar-refractivity contribution >= 4 is 230 Å². The summed E-state index contributed by atoms with van der Waals surface area (Å²) in [6.07, 6.45) is 5.46. The van der Waals surface area contributed by atoms with Crippen molar-refractivity contribution in [3.8, 4) is 0 Å². The fraction of sp³-hybridized carbons (Fsp3) is 0.349. The highest BCUT2D eigenvalue weighted by atomic mass is 35.5. The summed E-state index contributed by atoms with van der Waals surface area (Å²) in [6, 6.07) is 61.1. The summed E-state index contributed by atoms with van der Waals surface area (Å²) in [5, 5.41) is 39.9. The van der Waals surface area contributed by atoms with Crippen LogP contribution in [0.15, 0.2) is 221 Å². The number of fused-ring (bicyclic) bond motifs is 5. The van der Waals surface area contributed by atoms with Crippen LogP contribution in [0.1, 0.15) is 188 Å². The molecule has 5 aliphatic rings. The highest BCUT2D eigenvalue weighted by Crippen LogP contribution is 2.42. The standard InChI is InChI=1S/C27H29ClN2O4S.C25H25ClN2O4S.C15H15NO3S.C14H13NO3S.C13H18ClNO2.C9H5ClOS.C6H11NO2.2ClH/c1-3-34-24(31)12-7-14-29(17-19-8-6-9-20(28)16-19)26(33)27(2)13-15-30(27)25(32)22-18-35-23-11-5-4-10-21(22)23;1-25(11-13-28(25)23(31)20-16-33-21-9-3-2-8-19(20)21)24(32)27(12-5-10-22(29)30)15-17-6-4-7-18(26)14-17;1-15(14(18)19-2)7-8-16(15)13(17)11-9-20-12-6-4-3-5-10(11)12;1-14(13(17)18)6-7-15(14)12(16)10-8-19-11-5-3-2-4-9(10)11;1-2-17-13(16)7-4-8-15-10-11-5-3-6-12(14)9-11;10-9(11)7-5-12-8-4-2-1-3-6(7)8;1-6(3-4-7-6)5(8)9-2;;/h4-6,8-11,16,18H,3,7,12-15,17H2,1-2H3;2-4,6-9,14,16H,5,10-13,15H2,1H3,(H,29,30);3-6,9H,7-8H2,1-2H3;2-5,8H,6-7H2,1H3,(H,17,18);3,5-6,9,15H,2,4,7-8,10H2,1H3;1-5H;7H,3-4H2,1-2H3;2*1H/p-2/t27-;25-;15-;14-;;;6-;;/m1111..1../s1. The molecule has 10 heterocycles. The number of thiophene rings is 5. The second-order valence-electron chi connectivity index (χ2n) is 36.1. The van der Waals surface area contributed by atoms with Gasteiger partial charge in [0, 0.05) is 171 Å². The number of hydrogen-bond donors (Lipinski definition) is 4. The van der Waals surface area contributed by atoms with Gasteiger partial charge in [-0.15, -0.1) is 56.7 Å². The third-order valence-corrected chi connectivity index (χ3v) is 32.0. The van der Waals surface area contributed by atoms with E-state index < -0.39 is 34.1 Å². The van der Waals surface area contributed by atoms with Gasteiger partial charge in [-0.05, 0) is 208 Å². The van der Waals surface area contributed by atoms with Gasteiger partial charge in [0.25, 0.3) is 28.9 Å². The fourth-order valence-corrected chi connectivity index (χ4v) is 22.8. The number of aliphatic carboxylic acids is 2. The van der Waals surface area contributed by atoms with Crippen molar-refractivity contribution in [1.82, 2.24) is 40.0 Å². The lowest BCUT2D eigenvalue weighted by Gasteiger charge is -2.51. The maximum atomic E-state index is 13.9. The maximum Gasteiger partial charge on any atom is 0.331 e. The molecule has 0 aliphatic carbocycles. The number of hydrogen-bond acceptors (Lipinski definition) is 24. The molecule has 8 aromatic carbocycles. The van der Waals surface area contributed by atoms with E-state index in [4.69, 9.17) is 65.7 Å². The molecule has 38 heteroatoms. The number of ether oxygens (including phenoxy) is 4. The minimum absolute atomic E-state index is 0. The number of carbonyl (C=O) groups is 13. The van der Waals surface area contributed by atoms with E-state index >= 15 is 0 Å². The van der Waals surface area contributed by atoms with Crippen LogP contribution in [0.4, 0.5) is 0 Å². The number of nitrogens with zero attached hydrogens (tertiary/aromatic N) is 6. The molecule has 0 spiro atoms. The van der Waals surface area contributed by atoms with Crippen LogP contribution in [-0.2, 0) is 76.9 Å². The molecule has 5 fully saturated rings. The number of halogens is 6. The van der Waals surface area contributed by atoms with E-state index in [0.717, 1.165) is 105 Å². The number of rotatable bonds is 30. The zero-order chi connectivity index (χ0) is 105. The summed E-state index contributed by atoms with van der Waals surface area (Å²) in [4.78, 5) is 168. The first-order chi connectivity index (χ1) is 69.4. The van der Waals surface area contributed by atoms with Gasteiger partial charge in [0.1, 0.15) is 27.7 Å². The molecule has 27 nitrogen and oxygen atoms in total. The SMILES string of the molecule is CCOC(=O)CCCN(Cc1cccc(Cl)c1)C(=O)[C@@]1(C)CCN1C(=O)c1csc2ccccc12.CCOC(=O)CCCNCc1cccc(Cl)c1.COC(=O)[C@@]1(C)CCN1.COC(=O)[C@@]1(C)CCN1C(=O)c1csc2ccccc12.C[C@]1(C(=O)N(CCCC(=O)O)Cc2cccc(Cl)c2)CCN1C(=O)c1csc2ccccc12.C[C@]1(C(=O)O)CCN1C(=O)c1csc2ccccc12.O=C(Cl)c1csc2ccccc12.[Cl-].[Cl-]. The Morgan fingerprint density at radius 1 is 0.401 bits per heavy atom. The molecule has 5 atom stereocenters. The van der Waals surface area contributed by atoms with Crippen molar-refractivity contribution in [2.24, 2.45) is 0 Å². The van der Waals surface area contributed by atoms with E-state index in [0.29, 0.717) is 142 Å². The Bertz CT molecular complexity index is 6870. The van der Waals surface area contributed by atoms with Crippen molar-refractivity contribution < 1.29 is 116 Å². The Morgan fingerprint density at radius 2 is 0.714 bits per heavy atom. The first kappa shape index (κ1) is 117. The third kappa shape index (κ3) is 28.8. The normalized spacial score (nSPS) is 17.9. The molecular weight excluding hydrogens is 2100 g/mol. The van der Waals surface area contributed by atoms with E-state index in [1.165, 1.54) is 64.5 Å². The Hall–Kier alpha value is -11.5. The number of nitrogens with one attached hydrogen (secondary N) is 2. The average molecular weight is 2220 g/mol. The lowest BCUT2D eigenvalue weighted by molar-refractivity contribution is -0.159. The van der Waals surface area contributed by atoms with Crippen molar-refractivity contribution in [2.45, 2.75) is 166 Å². The minimum atomic E-state index is -1.06. The van der Waals surface area contributed by atoms with Crippen LogP contribution in [0, 0.1) is 0 Å². The van der Waals surface area contributed by atoms with Crippen LogP contribution in [0.2, 0.25) is 15.1 Å². The topological polar surface area (TPSA) is 343 Å². The molecule has 147 heavy (non-hydrogen) atoms. The van der Waals surface area contributed by atoms with Crippen LogP contribution in [0.3, 0.4) is 0 Å². The van der Waals surface area contributed by atoms with E-state index in [1.807, 2.05) is 218 Å². The van der Waals surface area contributed by atoms with Crippen molar-refractivity contribution in [1.29, 1.82) is 0 Å². The Kier molecular flexibility index (Phi) is 43.2. The van der Waals surface area contributed by atoms with Gasteiger partial charge in [0.15, 0.2) is 0 Å². The average Bonchev–Trinajstić information content (AvgIpc) is 1.73. The van der Waals surface area contributed by atoms with Crippen molar-refractivity contribution in [3.05, 3.63) is 281 Å².